The Labute approximate surface area is 240 Å². The molecule has 5 rings (SSSR count). The third kappa shape index (κ3) is 5.46. The Bertz CT molecular complexity index is 1620. The molecule has 0 saturated carbocycles. The van der Waals surface area contributed by atoms with Crippen LogP contribution in [0.2, 0.25) is 5.02 Å². The third-order valence-corrected chi connectivity index (χ3v) is 7.58. The summed E-state index contributed by atoms with van der Waals surface area (Å²) in [6.07, 6.45) is -0.726. The predicted octanol–water partition coefficient (Wildman–Crippen LogP) is 7.98. The number of carbonyl (C=O) groups is 1. The summed E-state index contributed by atoms with van der Waals surface area (Å²) in [6, 6.07) is 13.4. The highest BCUT2D eigenvalue weighted by atomic mass is 35.5. The fourth-order valence-electron chi connectivity index (χ4n) is 5.25. The van der Waals surface area contributed by atoms with Crippen molar-refractivity contribution < 1.29 is 27.4 Å². The van der Waals surface area contributed by atoms with Gasteiger partial charge in [-0.2, -0.15) is 18.2 Å². The molecule has 1 N–H and O–H groups in total. The number of alkyl halides is 3. The van der Waals surface area contributed by atoms with Gasteiger partial charge < -0.3 is 14.8 Å². The highest BCUT2D eigenvalue weighted by Gasteiger charge is 2.37. The van der Waals surface area contributed by atoms with E-state index in [1.54, 1.807) is 13.3 Å². The molecule has 0 bridgehead atoms. The van der Waals surface area contributed by atoms with Crippen molar-refractivity contribution >= 4 is 23.7 Å². The van der Waals surface area contributed by atoms with Crippen molar-refractivity contribution in [3.63, 3.8) is 0 Å². The normalized spacial score (nSPS) is 14.8. The lowest BCUT2D eigenvalue weighted by molar-refractivity contribution is -0.137. The van der Waals surface area contributed by atoms with Gasteiger partial charge in [-0.15, -0.1) is 0 Å². The van der Waals surface area contributed by atoms with Gasteiger partial charge in [-0.1, -0.05) is 41.9 Å². The summed E-state index contributed by atoms with van der Waals surface area (Å²) in [6.45, 7) is 3.96. The molecular weight excluding hydrogens is 555 g/mol. The molecular formula is C31H26ClF3N3O3. The molecule has 6 nitrogen and oxygen atoms in total. The maximum Gasteiger partial charge on any atom is 0.419 e. The molecule has 0 aliphatic heterocycles. The van der Waals surface area contributed by atoms with Crippen LogP contribution in [0.1, 0.15) is 51.5 Å². The molecule has 1 radical (unpaired) electrons. The maximum atomic E-state index is 14.0. The number of anilines is 1. The molecule has 1 aliphatic carbocycles. The summed E-state index contributed by atoms with van der Waals surface area (Å²) in [5.74, 6) is 0.0385. The second kappa shape index (κ2) is 11.4. The van der Waals surface area contributed by atoms with Gasteiger partial charge in [0, 0.05) is 17.3 Å². The number of fused-ring (bicyclic) bond motifs is 1. The predicted molar refractivity (Wildman–Crippen MR) is 152 cm³/mol. The van der Waals surface area contributed by atoms with Crippen molar-refractivity contribution in [2.24, 2.45) is 0 Å². The largest absolute Gasteiger partial charge is 0.496 e. The quantitative estimate of drug-likeness (QED) is 0.223. The zero-order valence-corrected chi connectivity index (χ0v) is 23.1. The van der Waals surface area contributed by atoms with Crippen molar-refractivity contribution in [2.75, 3.05) is 19.5 Å². The lowest BCUT2D eigenvalue weighted by atomic mass is 9.83. The van der Waals surface area contributed by atoms with Gasteiger partial charge in [-0.05, 0) is 66.6 Å². The molecule has 2 aromatic carbocycles. The number of benzene rings is 2. The SMILES string of the molecule is [CH2]c1ccc(-c2nccc(-c3cccc4c3CCC[C@@H]4Nc3nc(OC)c(C=O)cc3C(F)(F)F)c2Cl)cc1OC. The number of halogens is 4. The smallest absolute Gasteiger partial charge is 0.419 e. The first-order valence-electron chi connectivity index (χ1n) is 12.8. The van der Waals surface area contributed by atoms with Gasteiger partial charge in [0.05, 0.1) is 42.1 Å². The van der Waals surface area contributed by atoms with E-state index < -0.39 is 23.6 Å². The summed E-state index contributed by atoms with van der Waals surface area (Å²) in [4.78, 5) is 19.9. The highest BCUT2D eigenvalue weighted by Crippen LogP contribution is 2.44. The van der Waals surface area contributed by atoms with E-state index in [1.165, 1.54) is 7.11 Å². The first-order valence-corrected chi connectivity index (χ1v) is 13.2. The van der Waals surface area contributed by atoms with Crippen molar-refractivity contribution in [3.05, 3.63) is 94.5 Å². The van der Waals surface area contributed by atoms with Crippen LogP contribution in [0.25, 0.3) is 22.4 Å². The van der Waals surface area contributed by atoms with Gasteiger partial charge in [0.2, 0.25) is 5.88 Å². The molecule has 1 aliphatic rings. The zero-order valence-electron chi connectivity index (χ0n) is 22.3. The van der Waals surface area contributed by atoms with Crippen LogP contribution in [-0.4, -0.2) is 30.5 Å². The Balaban J connectivity index is 1.57. The topological polar surface area (TPSA) is 73.3 Å². The molecule has 10 heteroatoms. The number of nitrogens with one attached hydrogen (secondary N) is 1. The fourth-order valence-corrected chi connectivity index (χ4v) is 5.57. The highest BCUT2D eigenvalue weighted by molar-refractivity contribution is 6.35. The second-order valence-electron chi connectivity index (χ2n) is 9.61. The molecule has 4 aromatic rings. The third-order valence-electron chi connectivity index (χ3n) is 7.20. The second-order valence-corrected chi connectivity index (χ2v) is 9.99. The van der Waals surface area contributed by atoms with Crippen LogP contribution in [0.4, 0.5) is 19.0 Å². The average molecular weight is 581 g/mol. The van der Waals surface area contributed by atoms with Crippen LogP contribution in [0.3, 0.4) is 0 Å². The van der Waals surface area contributed by atoms with Crippen molar-refractivity contribution in [3.8, 4) is 34.0 Å². The number of aromatic nitrogens is 2. The van der Waals surface area contributed by atoms with Crippen LogP contribution in [0, 0.1) is 6.92 Å². The van der Waals surface area contributed by atoms with Crippen molar-refractivity contribution in [1.29, 1.82) is 0 Å². The van der Waals surface area contributed by atoms with Crippen LogP contribution in [0.5, 0.6) is 11.6 Å². The summed E-state index contributed by atoms with van der Waals surface area (Å²) in [7, 11) is 2.82. The molecule has 0 unspecified atom stereocenters. The van der Waals surface area contributed by atoms with Gasteiger partial charge in [-0.3, -0.25) is 9.78 Å². The lowest BCUT2D eigenvalue weighted by Crippen LogP contribution is -2.21. The van der Waals surface area contributed by atoms with E-state index in [1.807, 2.05) is 42.5 Å². The van der Waals surface area contributed by atoms with Gasteiger partial charge in [0.1, 0.15) is 11.6 Å². The zero-order chi connectivity index (χ0) is 29.3. The van der Waals surface area contributed by atoms with Gasteiger partial charge in [-0.25, -0.2) is 0 Å². The number of pyridine rings is 2. The molecule has 2 aromatic heterocycles. The van der Waals surface area contributed by atoms with Crippen LogP contribution < -0.4 is 14.8 Å². The van der Waals surface area contributed by atoms with Gasteiger partial charge in [0.25, 0.3) is 0 Å². The van der Waals surface area contributed by atoms with Crippen LogP contribution in [0.15, 0.2) is 54.7 Å². The maximum absolute atomic E-state index is 14.0. The Morgan fingerprint density at radius 2 is 1.90 bits per heavy atom. The summed E-state index contributed by atoms with van der Waals surface area (Å²) >= 11 is 6.94. The minimum atomic E-state index is -4.73. The van der Waals surface area contributed by atoms with E-state index in [4.69, 9.17) is 21.1 Å². The molecule has 0 amide bonds. The molecule has 0 saturated heterocycles. The average Bonchev–Trinajstić information content (AvgIpc) is 2.97. The number of hydrogen-bond acceptors (Lipinski definition) is 6. The molecule has 0 spiro atoms. The summed E-state index contributed by atoms with van der Waals surface area (Å²) in [5.41, 5.74) is 4.23. The molecule has 0 fully saturated rings. The number of ether oxygens (including phenoxy) is 2. The van der Waals surface area contributed by atoms with E-state index in [2.05, 4.69) is 22.2 Å². The van der Waals surface area contributed by atoms with E-state index in [9.17, 15) is 18.0 Å². The minimum absolute atomic E-state index is 0.181. The first-order chi connectivity index (χ1) is 19.7. The van der Waals surface area contributed by atoms with Crippen molar-refractivity contribution in [1.82, 2.24) is 9.97 Å². The molecule has 211 valence electrons. The van der Waals surface area contributed by atoms with Crippen LogP contribution >= 0.6 is 11.6 Å². The summed E-state index contributed by atoms with van der Waals surface area (Å²) < 4.78 is 52.4. The van der Waals surface area contributed by atoms with Gasteiger partial charge in [0.15, 0.2) is 6.29 Å². The number of nitrogens with zero attached hydrogens (tertiary/aromatic N) is 2. The lowest BCUT2D eigenvalue weighted by Gasteiger charge is -2.30. The minimum Gasteiger partial charge on any atom is -0.496 e. The number of rotatable bonds is 7. The Kier molecular flexibility index (Phi) is 7.91. The van der Waals surface area contributed by atoms with E-state index in [-0.39, 0.29) is 11.4 Å². The number of carbonyl (C=O) groups excluding carboxylic acids is 1. The van der Waals surface area contributed by atoms with E-state index in [0.717, 1.165) is 45.9 Å². The standard InChI is InChI=1S/C31H26ClF3N3O3/c1-17-10-11-18(15-26(17)40-2)28-27(32)23(12-13-36-28)21-6-4-8-22-20(21)7-5-9-25(22)37-29-24(31(33,34)35)14-19(16-39)30(38-29)41-3/h4,6,8,10-16,25H,1,5,7,9H2,2-3H3,(H,37,38)/t25-/m0/s1. The Hall–Kier alpha value is -4.11. The fraction of sp³-hybridized carbons (Fsp3) is 0.226. The first kappa shape index (κ1) is 28.4. The van der Waals surface area contributed by atoms with Crippen LogP contribution in [-0.2, 0) is 12.6 Å². The van der Waals surface area contributed by atoms with E-state index >= 15 is 0 Å². The number of methoxy groups -OCH3 is 2. The monoisotopic (exact) mass is 580 g/mol. The molecule has 41 heavy (non-hydrogen) atoms. The van der Waals surface area contributed by atoms with Gasteiger partial charge >= 0.3 is 6.18 Å². The molecule has 1 atom stereocenters. The number of hydrogen-bond donors (Lipinski definition) is 1. The van der Waals surface area contributed by atoms with E-state index in [0.29, 0.717) is 35.6 Å². The molecule has 2 heterocycles. The summed E-state index contributed by atoms with van der Waals surface area (Å²) in [5, 5.41) is 3.44. The number of aldehydes is 1. The van der Waals surface area contributed by atoms with Crippen molar-refractivity contribution in [2.45, 2.75) is 31.5 Å². The Morgan fingerprint density at radius 1 is 1.10 bits per heavy atom. The Morgan fingerprint density at radius 3 is 2.61 bits per heavy atom.